The maximum atomic E-state index is 11.4. The molecule has 0 fully saturated rings. The summed E-state index contributed by atoms with van der Waals surface area (Å²) in [6.07, 6.45) is 1.18. The first-order valence-corrected chi connectivity index (χ1v) is 6.41. The summed E-state index contributed by atoms with van der Waals surface area (Å²) >= 11 is 0. The fraction of sp³-hybridized carbons (Fsp3) is 0.182. The molecule has 0 atom stereocenters. The van der Waals surface area contributed by atoms with Gasteiger partial charge in [-0.15, -0.1) is 0 Å². The van der Waals surface area contributed by atoms with Crippen LogP contribution >= 0.6 is 0 Å². The quantitative estimate of drug-likeness (QED) is 0.760. The van der Waals surface area contributed by atoms with Gasteiger partial charge >= 0.3 is 0 Å². The maximum Gasteiger partial charge on any atom is 0.172 e. The number of carbonyl (C=O) groups excluding carboxylic acids is 1. The predicted molar refractivity (Wildman–Crippen MR) is 57.8 cm³/mol. The molecule has 0 aliphatic heterocycles. The predicted octanol–water partition coefficient (Wildman–Crippen LogP) is 1.42. The van der Waals surface area contributed by atoms with Crippen LogP contribution in [0.3, 0.4) is 0 Å². The molecule has 0 heterocycles. The summed E-state index contributed by atoms with van der Waals surface area (Å²) in [5, 5.41) is 0. The van der Waals surface area contributed by atoms with E-state index < -0.39 is 9.84 Å². The fourth-order valence-corrected chi connectivity index (χ4v) is 2.61. The molecule has 2 rings (SSSR count). The molecule has 0 saturated heterocycles. The van der Waals surface area contributed by atoms with Crippen LogP contribution in [-0.2, 0) is 14.6 Å². The Hall–Kier alpha value is -1.42. The SMILES string of the molecule is CS(=O)(=O)C1=C(c2ccccc2)C(=O)C1. The first kappa shape index (κ1) is 10.1. The van der Waals surface area contributed by atoms with Crippen molar-refractivity contribution in [3.05, 3.63) is 40.8 Å². The highest BCUT2D eigenvalue weighted by atomic mass is 32.2. The third-order valence-corrected chi connectivity index (χ3v) is 3.63. The van der Waals surface area contributed by atoms with Crippen LogP contribution in [-0.4, -0.2) is 20.5 Å². The van der Waals surface area contributed by atoms with Gasteiger partial charge in [0.1, 0.15) is 0 Å². The minimum absolute atomic E-state index is 0.0447. The van der Waals surface area contributed by atoms with Gasteiger partial charge < -0.3 is 0 Å². The van der Waals surface area contributed by atoms with Crippen molar-refractivity contribution in [1.82, 2.24) is 0 Å². The largest absolute Gasteiger partial charge is 0.294 e. The van der Waals surface area contributed by atoms with Crippen LogP contribution in [0.1, 0.15) is 12.0 Å². The van der Waals surface area contributed by atoms with Crippen LogP contribution in [0.4, 0.5) is 0 Å². The second-order valence-corrected chi connectivity index (χ2v) is 5.57. The smallest absolute Gasteiger partial charge is 0.172 e. The average molecular weight is 222 g/mol. The Balaban J connectivity index is 2.58. The minimum Gasteiger partial charge on any atom is -0.294 e. The van der Waals surface area contributed by atoms with Crippen molar-refractivity contribution in [1.29, 1.82) is 0 Å². The lowest BCUT2D eigenvalue weighted by Gasteiger charge is -2.20. The molecule has 4 heteroatoms. The summed E-state index contributed by atoms with van der Waals surface area (Å²) in [5.41, 5.74) is 1.05. The Morgan fingerprint density at radius 2 is 1.73 bits per heavy atom. The lowest BCUT2D eigenvalue weighted by molar-refractivity contribution is -0.114. The molecule has 78 valence electrons. The van der Waals surface area contributed by atoms with Gasteiger partial charge in [-0.3, -0.25) is 4.79 Å². The molecule has 0 saturated carbocycles. The number of carbonyl (C=O) groups is 1. The van der Waals surface area contributed by atoms with E-state index in [9.17, 15) is 13.2 Å². The fourth-order valence-electron chi connectivity index (χ4n) is 1.61. The summed E-state index contributed by atoms with van der Waals surface area (Å²) < 4.78 is 22.7. The molecule has 1 aromatic carbocycles. The van der Waals surface area contributed by atoms with E-state index in [0.29, 0.717) is 11.1 Å². The van der Waals surface area contributed by atoms with Crippen LogP contribution < -0.4 is 0 Å². The summed E-state index contributed by atoms with van der Waals surface area (Å²) in [6.45, 7) is 0. The number of sulfone groups is 1. The van der Waals surface area contributed by atoms with E-state index in [4.69, 9.17) is 0 Å². The van der Waals surface area contributed by atoms with Gasteiger partial charge in [0.25, 0.3) is 0 Å². The van der Waals surface area contributed by atoms with Crippen LogP contribution in [0.15, 0.2) is 35.2 Å². The number of benzene rings is 1. The van der Waals surface area contributed by atoms with Crippen molar-refractivity contribution in [2.45, 2.75) is 6.42 Å². The van der Waals surface area contributed by atoms with E-state index >= 15 is 0 Å². The lowest BCUT2D eigenvalue weighted by Crippen LogP contribution is -2.22. The molecule has 0 spiro atoms. The number of ketones is 1. The summed E-state index contributed by atoms with van der Waals surface area (Å²) in [4.78, 5) is 11.6. The van der Waals surface area contributed by atoms with Crippen molar-refractivity contribution in [3.8, 4) is 0 Å². The molecule has 0 unspecified atom stereocenters. The second-order valence-electron chi connectivity index (χ2n) is 3.54. The van der Waals surface area contributed by atoms with Gasteiger partial charge in [-0.2, -0.15) is 0 Å². The molecular weight excluding hydrogens is 212 g/mol. The van der Waals surface area contributed by atoms with Crippen LogP contribution in [0.25, 0.3) is 5.57 Å². The summed E-state index contributed by atoms with van der Waals surface area (Å²) in [5.74, 6) is -0.0957. The van der Waals surface area contributed by atoms with E-state index in [-0.39, 0.29) is 17.1 Å². The van der Waals surface area contributed by atoms with E-state index in [1.807, 2.05) is 6.07 Å². The van der Waals surface area contributed by atoms with E-state index in [0.717, 1.165) is 6.26 Å². The van der Waals surface area contributed by atoms with Gasteiger partial charge in [0.2, 0.25) is 0 Å². The monoisotopic (exact) mass is 222 g/mol. The third-order valence-electron chi connectivity index (χ3n) is 2.39. The molecule has 0 bridgehead atoms. The highest BCUT2D eigenvalue weighted by Crippen LogP contribution is 2.35. The molecule has 0 aromatic heterocycles. The van der Waals surface area contributed by atoms with E-state index in [1.54, 1.807) is 24.3 Å². The van der Waals surface area contributed by atoms with Gasteiger partial charge in [0, 0.05) is 18.2 Å². The number of rotatable bonds is 2. The van der Waals surface area contributed by atoms with Gasteiger partial charge in [0.15, 0.2) is 15.6 Å². The molecule has 3 nitrogen and oxygen atoms in total. The molecule has 1 aromatic rings. The molecule has 15 heavy (non-hydrogen) atoms. The molecule has 0 N–H and O–H groups in total. The van der Waals surface area contributed by atoms with Crippen molar-refractivity contribution < 1.29 is 13.2 Å². The molecule has 0 radical (unpaired) electrons. The number of allylic oxidation sites excluding steroid dienone is 2. The lowest BCUT2D eigenvalue weighted by atomic mass is 9.90. The maximum absolute atomic E-state index is 11.4. The Labute approximate surface area is 88.3 Å². The van der Waals surface area contributed by atoms with Crippen molar-refractivity contribution in [2.75, 3.05) is 6.26 Å². The zero-order valence-electron chi connectivity index (χ0n) is 8.23. The highest BCUT2D eigenvalue weighted by molar-refractivity contribution is 7.95. The van der Waals surface area contributed by atoms with Crippen LogP contribution in [0.5, 0.6) is 0 Å². The van der Waals surface area contributed by atoms with Gasteiger partial charge in [0.05, 0.1) is 4.91 Å². The standard InChI is InChI=1S/C11H10O3S/c1-15(13,14)10-7-9(12)11(10)8-5-3-2-4-6-8/h2-6H,7H2,1H3. The Bertz CT molecular complexity index is 538. The third kappa shape index (κ3) is 1.72. The first-order chi connectivity index (χ1) is 7.00. The minimum atomic E-state index is -3.24. The van der Waals surface area contributed by atoms with Gasteiger partial charge in [-0.05, 0) is 5.56 Å². The van der Waals surface area contributed by atoms with Gasteiger partial charge in [-0.1, -0.05) is 30.3 Å². The average Bonchev–Trinajstić information content (AvgIpc) is 2.14. The van der Waals surface area contributed by atoms with Crippen LogP contribution in [0.2, 0.25) is 0 Å². The molecule has 0 amide bonds. The number of hydrogen-bond donors (Lipinski definition) is 0. The Morgan fingerprint density at radius 1 is 1.13 bits per heavy atom. The first-order valence-electron chi connectivity index (χ1n) is 4.52. The molecule has 1 aliphatic rings. The van der Waals surface area contributed by atoms with Crippen molar-refractivity contribution >= 4 is 21.2 Å². The normalized spacial score (nSPS) is 16.5. The summed E-state index contributed by atoms with van der Waals surface area (Å²) in [7, 11) is -3.24. The molecular formula is C11H10O3S. The second kappa shape index (κ2) is 3.31. The Morgan fingerprint density at radius 3 is 2.20 bits per heavy atom. The highest BCUT2D eigenvalue weighted by Gasteiger charge is 2.34. The van der Waals surface area contributed by atoms with Crippen LogP contribution in [0, 0.1) is 0 Å². The van der Waals surface area contributed by atoms with Crippen molar-refractivity contribution in [3.63, 3.8) is 0 Å². The topological polar surface area (TPSA) is 51.2 Å². The zero-order valence-corrected chi connectivity index (χ0v) is 9.04. The van der Waals surface area contributed by atoms with Crippen molar-refractivity contribution in [2.24, 2.45) is 0 Å². The summed E-state index contributed by atoms with van der Waals surface area (Å²) in [6, 6.07) is 8.89. The van der Waals surface area contributed by atoms with E-state index in [2.05, 4.69) is 0 Å². The molecule has 1 aliphatic carbocycles. The number of Topliss-reactive ketones (excluding diaryl/α,β-unsaturated/α-hetero) is 1. The zero-order chi connectivity index (χ0) is 11.1. The van der Waals surface area contributed by atoms with E-state index in [1.165, 1.54) is 0 Å². The Kier molecular flexibility index (Phi) is 2.23. The van der Waals surface area contributed by atoms with Gasteiger partial charge in [-0.25, -0.2) is 8.42 Å². The number of hydrogen-bond acceptors (Lipinski definition) is 3.